The van der Waals surface area contributed by atoms with Gasteiger partial charge in [-0.05, 0) is 56.4 Å². The van der Waals surface area contributed by atoms with E-state index in [2.05, 4.69) is 5.32 Å². The van der Waals surface area contributed by atoms with Crippen LogP contribution in [0.4, 0.5) is 0 Å². The molecule has 2 amide bonds. The average Bonchev–Trinajstić information content (AvgIpc) is 2.75. The lowest BCUT2D eigenvalue weighted by Gasteiger charge is -2.31. The molecule has 0 radical (unpaired) electrons. The van der Waals surface area contributed by atoms with Crippen LogP contribution in [-0.2, 0) is 16.1 Å². The highest BCUT2D eigenvalue weighted by molar-refractivity contribution is 5.88. The Morgan fingerprint density at radius 2 is 1.70 bits per heavy atom. The average molecular weight is 411 g/mol. The topological polar surface area (TPSA) is 58.6 Å². The number of nitrogens with one attached hydrogen (secondary N) is 1. The smallest absolute Gasteiger partial charge is 0.261 e. The molecule has 5 nitrogen and oxygen atoms in total. The molecule has 0 aliphatic rings. The minimum absolute atomic E-state index is 0.0615. The Hall–Kier alpha value is -2.82. The van der Waals surface area contributed by atoms with Crippen LogP contribution in [0.25, 0.3) is 0 Å². The molecular formula is C25H34N2O3. The van der Waals surface area contributed by atoms with Crippen LogP contribution < -0.4 is 10.1 Å². The molecule has 2 atom stereocenters. The Balaban J connectivity index is 2.21. The number of ether oxygens (including phenoxy) is 1. The van der Waals surface area contributed by atoms with E-state index in [9.17, 15) is 9.59 Å². The van der Waals surface area contributed by atoms with Gasteiger partial charge in [-0.2, -0.15) is 0 Å². The molecule has 2 aromatic carbocycles. The van der Waals surface area contributed by atoms with Gasteiger partial charge in [0.15, 0.2) is 6.61 Å². The van der Waals surface area contributed by atoms with Crippen LogP contribution >= 0.6 is 0 Å². The summed E-state index contributed by atoms with van der Waals surface area (Å²) in [6, 6.07) is 15.0. The predicted octanol–water partition coefficient (Wildman–Crippen LogP) is 4.40. The van der Waals surface area contributed by atoms with Crippen molar-refractivity contribution in [2.45, 2.75) is 66.1 Å². The molecule has 2 rings (SSSR count). The molecule has 0 aromatic heterocycles. The van der Waals surface area contributed by atoms with Gasteiger partial charge >= 0.3 is 0 Å². The maximum absolute atomic E-state index is 13.2. The van der Waals surface area contributed by atoms with Crippen molar-refractivity contribution in [3.05, 3.63) is 65.2 Å². The van der Waals surface area contributed by atoms with E-state index in [-0.39, 0.29) is 24.5 Å². The van der Waals surface area contributed by atoms with Crippen molar-refractivity contribution in [1.82, 2.24) is 10.2 Å². The number of hydrogen-bond acceptors (Lipinski definition) is 3. The zero-order valence-electron chi connectivity index (χ0n) is 18.8. The standard InChI is InChI=1S/C25H34N2O3/c1-6-19(4)26-25(29)22(7-2)27(16-21-13-9-8-10-14-21)24(28)17-30-23-15-11-12-18(3)20(23)5/h8-15,19,22H,6-7,16-17H2,1-5H3,(H,26,29)/t19-,22+/m1/s1. The predicted molar refractivity (Wildman–Crippen MR) is 120 cm³/mol. The summed E-state index contributed by atoms with van der Waals surface area (Å²) >= 11 is 0. The summed E-state index contributed by atoms with van der Waals surface area (Å²) in [7, 11) is 0. The van der Waals surface area contributed by atoms with Gasteiger partial charge in [0, 0.05) is 12.6 Å². The lowest BCUT2D eigenvalue weighted by atomic mass is 10.1. The third kappa shape index (κ3) is 6.34. The van der Waals surface area contributed by atoms with Gasteiger partial charge in [0.05, 0.1) is 0 Å². The second-order valence-corrected chi connectivity index (χ2v) is 7.74. The molecule has 0 fully saturated rings. The fourth-order valence-corrected chi connectivity index (χ4v) is 3.24. The quantitative estimate of drug-likeness (QED) is 0.631. The normalized spacial score (nSPS) is 12.7. The Morgan fingerprint density at radius 1 is 1.00 bits per heavy atom. The first-order valence-corrected chi connectivity index (χ1v) is 10.7. The molecular weight excluding hydrogens is 376 g/mol. The molecule has 1 N–H and O–H groups in total. The largest absolute Gasteiger partial charge is 0.483 e. The lowest BCUT2D eigenvalue weighted by molar-refractivity contribution is -0.143. The summed E-state index contributed by atoms with van der Waals surface area (Å²) in [5.41, 5.74) is 3.11. The maximum atomic E-state index is 13.2. The van der Waals surface area contributed by atoms with E-state index < -0.39 is 6.04 Å². The van der Waals surface area contributed by atoms with Crippen molar-refractivity contribution in [1.29, 1.82) is 0 Å². The molecule has 5 heteroatoms. The molecule has 0 unspecified atom stereocenters. The van der Waals surface area contributed by atoms with Crippen LogP contribution in [0.3, 0.4) is 0 Å². The maximum Gasteiger partial charge on any atom is 0.261 e. The number of hydrogen-bond donors (Lipinski definition) is 1. The van der Waals surface area contributed by atoms with E-state index in [1.54, 1.807) is 4.90 Å². The minimum Gasteiger partial charge on any atom is -0.483 e. The van der Waals surface area contributed by atoms with Crippen molar-refractivity contribution in [3.8, 4) is 5.75 Å². The van der Waals surface area contributed by atoms with Crippen LogP contribution in [-0.4, -0.2) is 35.4 Å². The number of rotatable bonds is 10. The van der Waals surface area contributed by atoms with E-state index in [1.165, 1.54) is 0 Å². The first-order chi connectivity index (χ1) is 14.4. The summed E-state index contributed by atoms with van der Waals surface area (Å²) in [5.74, 6) is 0.369. The second-order valence-electron chi connectivity index (χ2n) is 7.74. The van der Waals surface area contributed by atoms with Crippen LogP contribution in [0, 0.1) is 13.8 Å². The Labute approximate surface area is 180 Å². The first kappa shape index (κ1) is 23.5. The minimum atomic E-state index is -0.547. The van der Waals surface area contributed by atoms with E-state index in [1.807, 2.05) is 83.1 Å². The number of nitrogens with zero attached hydrogens (tertiary/aromatic N) is 1. The molecule has 0 saturated carbocycles. The summed E-state index contributed by atoms with van der Waals surface area (Å²) in [6.45, 7) is 10.2. The Bertz CT molecular complexity index is 836. The van der Waals surface area contributed by atoms with Gasteiger partial charge in [-0.25, -0.2) is 0 Å². The molecule has 2 aromatic rings. The van der Waals surface area contributed by atoms with Crippen LogP contribution in [0.5, 0.6) is 5.75 Å². The van der Waals surface area contributed by atoms with Crippen LogP contribution in [0.1, 0.15) is 50.3 Å². The molecule has 0 heterocycles. The van der Waals surface area contributed by atoms with Crippen molar-refractivity contribution < 1.29 is 14.3 Å². The third-order valence-electron chi connectivity index (χ3n) is 5.49. The Morgan fingerprint density at radius 3 is 2.33 bits per heavy atom. The lowest BCUT2D eigenvalue weighted by Crippen LogP contribution is -2.51. The molecule has 30 heavy (non-hydrogen) atoms. The van der Waals surface area contributed by atoms with Gasteiger partial charge in [0.1, 0.15) is 11.8 Å². The Kier molecular flexibility index (Phi) is 8.90. The highest BCUT2D eigenvalue weighted by Gasteiger charge is 2.29. The SMILES string of the molecule is CC[C@@H](C)NC(=O)[C@H](CC)N(Cc1ccccc1)C(=O)COc1cccc(C)c1C. The van der Waals surface area contributed by atoms with Crippen molar-refractivity contribution >= 4 is 11.8 Å². The van der Waals surface area contributed by atoms with Gasteiger partial charge in [-0.15, -0.1) is 0 Å². The van der Waals surface area contributed by atoms with Gasteiger partial charge in [0.25, 0.3) is 5.91 Å². The van der Waals surface area contributed by atoms with Crippen LogP contribution in [0.15, 0.2) is 48.5 Å². The van der Waals surface area contributed by atoms with Gasteiger partial charge in [0.2, 0.25) is 5.91 Å². The number of aryl methyl sites for hydroxylation is 1. The summed E-state index contributed by atoms with van der Waals surface area (Å²) in [6.07, 6.45) is 1.37. The molecule has 0 spiro atoms. The zero-order valence-corrected chi connectivity index (χ0v) is 18.8. The van der Waals surface area contributed by atoms with Crippen molar-refractivity contribution in [2.75, 3.05) is 6.61 Å². The molecule has 0 aliphatic heterocycles. The summed E-state index contributed by atoms with van der Waals surface area (Å²) in [5, 5.41) is 3.02. The number of amides is 2. The highest BCUT2D eigenvalue weighted by atomic mass is 16.5. The summed E-state index contributed by atoms with van der Waals surface area (Å²) < 4.78 is 5.85. The third-order valence-corrected chi connectivity index (χ3v) is 5.49. The monoisotopic (exact) mass is 410 g/mol. The van der Waals surface area contributed by atoms with E-state index in [0.29, 0.717) is 18.7 Å². The molecule has 0 aliphatic carbocycles. The van der Waals surface area contributed by atoms with Crippen LogP contribution in [0.2, 0.25) is 0 Å². The molecule has 0 bridgehead atoms. The summed E-state index contributed by atoms with van der Waals surface area (Å²) in [4.78, 5) is 27.7. The number of carbonyl (C=O) groups excluding carboxylic acids is 2. The number of benzene rings is 2. The molecule has 162 valence electrons. The second kappa shape index (κ2) is 11.4. The highest BCUT2D eigenvalue weighted by Crippen LogP contribution is 2.21. The van der Waals surface area contributed by atoms with Gasteiger partial charge in [-0.3, -0.25) is 9.59 Å². The van der Waals surface area contributed by atoms with E-state index in [4.69, 9.17) is 4.74 Å². The van der Waals surface area contributed by atoms with Crippen molar-refractivity contribution in [2.24, 2.45) is 0 Å². The van der Waals surface area contributed by atoms with Gasteiger partial charge < -0.3 is 15.0 Å². The fraction of sp³-hybridized carbons (Fsp3) is 0.440. The van der Waals surface area contributed by atoms with E-state index in [0.717, 1.165) is 23.1 Å². The fourth-order valence-electron chi connectivity index (χ4n) is 3.24. The first-order valence-electron chi connectivity index (χ1n) is 10.7. The molecule has 0 saturated heterocycles. The van der Waals surface area contributed by atoms with E-state index >= 15 is 0 Å². The number of carbonyl (C=O) groups is 2. The zero-order chi connectivity index (χ0) is 22.1. The van der Waals surface area contributed by atoms with Gasteiger partial charge in [-0.1, -0.05) is 56.3 Å². The van der Waals surface area contributed by atoms with Crippen molar-refractivity contribution in [3.63, 3.8) is 0 Å².